The van der Waals surface area contributed by atoms with E-state index in [1.165, 1.54) is 48.5 Å². The number of hydrogen-bond donors (Lipinski definition) is 3. The molecule has 1 atom stereocenters. The second-order valence-electron chi connectivity index (χ2n) is 6.08. The van der Waals surface area contributed by atoms with Gasteiger partial charge in [-0.2, -0.15) is 8.42 Å². The fourth-order valence-corrected chi connectivity index (χ4v) is 5.92. The van der Waals surface area contributed by atoms with Gasteiger partial charge < -0.3 is 10.2 Å². The third kappa shape index (κ3) is 3.65. The van der Waals surface area contributed by atoms with E-state index < -0.39 is 26.4 Å². The predicted octanol–water partition coefficient (Wildman–Crippen LogP) is 5.89. The van der Waals surface area contributed by atoms with Crippen LogP contribution in [0, 0.1) is 0 Å². The van der Waals surface area contributed by atoms with Crippen LogP contribution in [-0.2, 0) is 14.9 Å². The molecule has 5 nitrogen and oxygen atoms in total. The summed E-state index contributed by atoms with van der Waals surface area (Å²) in [6, 6.07) is 11.5. The minimum atomic E-state index is -5.12. The monoisotopic (exact) mass is 492 g/mol. The highest BCUT2D eigenvalue weighted by Gasteiger charge is 2.52. The van der Waals surface area contributed by atoms with Crippen LogP contribution in [0.2, 0.25) is 20.1 Å². The van der Waals surface area contributed by atoms with Gasteiger partial charge in [-0.25, -0.2) is 0 Å². The molecule has 3 N–H and O–H groups in total. The molecule has 29 heavy (non-hydrogen) atoms. The predicted molar refractivity (Wildman–Crippen MR) is 114 cm³/mol. The highest BCUT2D eigenvalue weighted by Crippen LogP contribution is 2.52. The number of para-hydroxylation sites is 1. The van der Waals surface area contributed by atoms with E-state index in [1.807, 2.05) is 0 Å². The zero-order chi connectivity index (χ0) is 21.6. The normalized spacial score (nSPS) is 13.8. The lowest BCUT2D eigenvalue weighted by Gasteiger charge is -2.34. The van der Waals surface area contributed by atoms with Crippen LogP contribution >= 0.6 is 46.4 Å². The van der Waals surface area contributed by atoms with Crippen LogP contribution in [0.5, 0.6) is 11.5 Å². The Hall–Kier alpha value is -1.67. The first kappa shape index (κ1) is 22.0. The minimum absolute atomic E-state index is 0.0522. The van der Waals surface area contributed by atoms with Crippen LogP contribution in [0.25, 0.3) is 0 Å². The van der Waals surface area contributed by atoms with E-state index in [-0.39, 0.29) is 36.8 Å². The Morgan fingerprint density at radius 3 is 1.86 bits per heavy atom. The van der Waals surface area contributed by atoms with Gasteiger partial charge in [-0.15, -0.1) is 0 Å². The molecule has 0 fully saturated rings. The van der Waals surface area contributed by atoms with Crippen molar-refractivity contribution in [3.8, 4) is 11.5 Å². The maximum atomic E-state index is 13.0. The van der Waals surface area contributed by atoms with Crippen LogP contribution in [-0.4, -0.2) is 23.2 Å². The summed E-state index contributed by atoms with van der Waals surface area (Å²) in [7, 11) is -5.12. The van der Waals surface area contributed by atoms with Gasteiger partial charge in [0.15, 0.2) is 4.75 Å². The Kier molecular flexibility index (Phi) is 5.98. The van der Waals surface area contributed by atoms with Crippen LogP contribution < -0.4 is 0 Å². The van der Waals surface area contributed by atoms with E-state index in [9.17, 15) is 23.2 Å². The summed E-state index contributed by atoms with van der Waals surface area (Å²) in [6.45, 7) is 0. The van der Waals surface area contributed by atoms with E-state index in [4.69, 9.17) is 46.4 Å². The van der Waals surface area contributed by atoms with Crippen molar-refractivity contribution < 1.29 is 23.2 Å². The average molecular weight is 494 g/mol. The number of halogens is 4. The minimum Gasteiger partial charge on any atom is -0.508 e. The van der Waals surface area contributed by atoms with Crippen LogP contribution in [0.1, 0.15) is 16.7 Å². The van der Waals surface area contributed by atoms with Crippen molar-refractivity contribution in [3.05, 3.63) is 91.4 Å². The van der Waals surface area contributed by atoms with Crippen LogP contribution in [0.15, 0.2) is 54.6 Å². The van der Waals surface area contributed by atoms with Gasteiger partial charge in [0, 0.05) is 26.2 Å². The summed E-state index contributed by atoms with van der Waals surface area (Å²) in [5.74, 6) is -0.907. The Morgan fingerprint density at radius 2 is 1.34 bits per heavy atom. The summed E-state index contributed by atoms with van der Waals surface area (Å²) >= 11 is 24.5. The molecule has 0 radical (unpaired) electrons. The van der Waals surface area contributed by atoms with Gasteiger partial charge in [-0.3, -0.25) is 4.55 Å². The zero-order valence-electron chi connectivity index (χ0n) is 14.3. The molecule has 3 aromatic carbocycles. The molecule has 1 unspecified atom stereocenters. The van der Waals surface area contributed by atoms with Crippen LogP contribution in [0.4, 0.5) is 0 Å². The van der Waals surface area contributed by atoms with Crippen molar-refractivity contribution in [1.29, 1.82) is 0 Å². The van der Waals surface area contributed by atoms with Crippen LogP contribution in [0.3, 0.4) is 0 Å². The molecule has 0 aliphatic carbocycles. The second-order valence-corrected chi connectivity index (χ2v) is 9.30. The van der Waals surface area contributed by atoms with Crippen molar-refractivity contribution in [2.75, 3.05) is 0 Å². The highest BCUT2D eigenvalue weighted by molar-refractivity contribution is 7.87. The lowest BCUT2D eigenvalue weighted by atomic mass is 9.83. The first-order chi connectivity index (χ1) is 13.5. The molecular formula is C19H12Cl4O5S. The maximum Gasteiger partial charge on any atom is 0.283 e. The van der Waals surface area contributed by atoms with Crippen molar-refractivity contribution in [3.63, 3.8) is 0 Å². The molecular weight excluding hydrogens is 482 g/mol. The van der Waals surface area contributed by atoms with Gasteiger partial charge in [0.25, 0.3) is 10.1 Å². The summed E-state index contributed by atoms with van der Waals surface area (Å²) in [5, 5.41) is 20.3. The number of phenols is 2. The van der Waals surface area contributed by atoms with Gasteiger partial charge in [-0.05, 0) is 35.9 Å². The molecule has 0 heterocycles. The van der Waals surface area contributed by atoms with Crippen molar-refractivity contribution in [2.24, 2.45) is 0 Å². The smallest absolute Gasteiger partial charge is 0.283 e. The number of aromatic hydroxyl groups is 2. The molecule has 0 aliphatic heterocycles. The van der Waals surface area contributed by atoms with Gasteiger partial charge in [0.2, 0.25) is 0 Å². The molecule has 0 amide bonds. The largest absolute Gasteiger partial charge is 0.508 e. The summed E-state index contributed by atoms with van der Waals surface area (Å²) in [4.78, 5) is 0. The van der Waals surface area contributed by atoms with E-state index in [0.29, 0.717) is 0 Å². The molecule has 0 aromatic heterocycles. The topological polar surface area (TPSA) is 94.8 Å². The quantitative estimate of drug-likeness (QED) is 0.311. The zero-order valence-corrected chi connectivity index (χ0v) is 18.1. The van der Waals surface area contributed by atoms with Gasteiger partial charge in [-0.1, -0.05) is 70.7 Å². The second kappa shape index (κ2) is 7.87. The lowest BCUT2D eigenvalue weighted by molar-refractivity contribution is 0.439. The Labute approximate surface area is 186 Å². The molecule has 0 saturated heterocycles. The Morgan fingerprint density at radius 1 is 0.759 bits per heavy atom. The summed E-state index contributed by atoms with van der Waals surface area (Å²) in [6.07, 6.45) is 0. The fraction of sp³-hybridized carbons (Fsp3) is 0.0526. The molecule has 0 spiro atoms. The SMILES string of the molecule is O=S(=O)(O)C(c1ccc(Cl)c(O)c1)(c1ccccc1O)c1c(Cl)cc(Cl)cc1Cl. The standard InChI is InChI=1S/C19H12Cl4O5S/c20-11-8-14(22)18(15(23)9-11)19(29(26,27)28,12-3-1-2-4-16(12)24)10-5-6-13(21)17(25)7-10/h1-9,24-25H,(H,26,27,28). The molecule has 10 heteroatoms. The molecule has 3 rings (SSSR count). The number of hydrogen-bond acceptors (Lipinski definition) is 4. The lowest BCUT2D eigenvalue weighted by Crippen LogP contribution is -2.39. The first-order valence-electron chi connectivity index (χ1n) is 7.89. The summed E-state index contributed by atoms with van der Waals surface area (Å²) < 4.78 is 33.9. The van der Waals surface area contributed by atoms with E-state index >= 15 is 0 Å². The summed E-state index contributed by atoms with van der Waals surface area (Å²) in [5.41, 5.74) is -0.652. The van der Waals surface area contributed by atoms with Crippen molar-refractivity contribution in [1.82, 2.24) is 0 Å². The fourth-order valence-electron chi connectivity index (χ4n) is 3.23. The van der Waals surface area contributed by atoms with Gasteiger partial charge >= 0.3 is 0 Å². The molecule has 0 aliphatic rings. The van der Waals surface area contributed by atoms with Crippen molar-refractivity contribution >= 4 is 56.5 Å². The van der Waals surface area contributed by atoms with E-state index in [1.54, 1.807) is 0 Å². The number of phenolic OH excluding ortho intramolecular Hbond substituents is 2. The average Bonchev–Trinajstić information content (AvgIpc) is 2.60. The van der Waals surface area contributed by atoms with Crippen molar-refractivity contribution in [2.45, 2.75) is 4.75 Å². The van der Waals surface area contributed by atoms with E-state index in [2.05, 4.69) is 0 Å². The number of rotatable bonds is 4. The highest BCUT2D eigenvalue weighted by atomic mass is 35.5. The third-order valence-electron chi connectivity index (χ3n) is 4.38. The van der Waals surface area contributed by atoms with Gasteiger partial charge in [0.1, 0.15) is 11.5 Å². The molecule has 0 saturated carbocycles. The molecule has 0 bridgehead atoms. The van der Waals surface area contributed by atoms with E-state index in [0.717, 1.165) is 6.07 Å². The third-order valence-corrected chi connectivity index (χ3v) is 6.95. The maximum absolute atomic E-state index is 13.0. The number of benzene rings is 3. The molecule has 3 aromatic rings. The van der Waals surface area contributed by atoms with Gasteiger partial charge in [0.05, 0.1) is 5.02 Å². The molecule has 152 valence electrons. The Balaban J connectivity index is 2.63. The Bertz CT molecular complexity index is 1190. The first-order valence-corrected chi connectivity index (χ1v) is 10.8.